The van der Waals surface area contributed by atoms with Crippen LogP contribution in [0.1, 0.15) is 44.3 Å². The fourth-order valence-corrected chi connectivity index (χ4v) is 5.26. The molecule has 3 aromatic rings. The summed E-state index contributed by atoms with van der Waals surface area (Å²) in [5, 5.41) is 5.43. The third kappa shape index (κ3) is 4.24. The molecule has 11 heteroatoms. The van der Waals surface area contributed by atoms with Gasteiger partial charge in [0.1, 0.15) is 11.9 Å². The minimum absolute atomic E-state index is 0.100. The Morgan fingerprint density at radius 2 is 1.92 bits per heavy atom. The number of hydrogen-bond acceptors (Lipinski definition) is 8. The number of rotatable bonds is 6. The SMILES string of the molecule is CCOC(=O)C1=C(CN2C(=O)c3ccccc3C2=O)NC(c2nccs2)=NC1c1ccc(F)cc1Br. The Bertz CT molecular complexity index is 1420. The molecular formula is C25H18BrFN4O4S. The van der Waals surface area contributed by atoms with E-state index < -0.39 is 29.6 Å². The molecule has 0 fully saturated rings. The van der Waals surface area contributed by atoms with Crippen LogP contribution in [0.2, 0.25) is 0 Å². The Labute approximate surface area is 217 Å². The van der Waals surface area contributed by atoms with Gasteiger partial charge in [-0.2, -0.15) is 0 Å². The first kappa shape index (κ1) is 24.0. The van der Waals surface area contributed by atoms with E-state index in [0.717, 1.165) is 4.90 Å². The van der Waals surface area contributed by atoms with Crippen molar-refractivity contribution in [3.63, 3.8) is 0 Å². The van der Waals surface area contributed by atoms with Crippen molar-refractivity contribution in [3.05, 3.63) is 97.3 Å². The van der Waals surface area contributed by atoms with E-state index in [2.05, 4.69) is 26.2 Å². The Hall–Kier alpha value is -3.70. The van der Waals surface area contributed by atoms with Crippen molar-refractivity contribution in [2.45, 2.75) is 13.0 Å². The molecule has 1 unspecified atom stereocenters. The number of thiazole rings is 1. The molecular weight excluding hydrogens is 551 g/mol. The average molecular weight is 569 g/mol. The van der Waals surface area contributed by atoms with Gasteiger partial charge in [0, 0.05) is 21.7 Å². The molecule has 0 spiro atoms. The van der Waals surface area contributed by atoms with Crippen LogP contribution in [0.3, 0.4) is 0 Å². The zero-order valence-corrected chi connectivity index (χ0v) is 21.2. The Balaban J connectivity index is 1.64. The van der Waals surface area contributed by atoms with Gasteiger partial charge < -0.3 is 10.1 Å². The molecule has 0 saturated carbocycles. The van der Waals surface area contributed by atoms with Gasteiger partial charge in [-0.05, 0) is 36.8 Å². The molecule has 182 valence electrons. The fraction of sp³-hybridized carbons (Fsp3) is 0.160. The molecule has 1 atom stereocenters. The minimum atomic E-state index is -0.913. The number of halogens is 2. The number of esters is 1. The summed E-state index contributed by atoms with van der Waals surface area (Å²) in [4.78, 5) is 49.5. The number of aromatic nitrogens is 1. The van der Waals surface area contributed by atoms with E-state index in [1.165, 1.54) is 29.5 Å². The van der Waals surface area contributed by atoms with E-state index >= 15 is 0 Å². The maximum atomic E-state index is 13.9. The van der Waals surface area contributed by atoms with Crippen LogP contribution >= 0.6 is 27.3 Å². The van der Waals surface area contributed by atoms with Gasteiger partial charge in [-0.25, -0.2) is 14.2 Å². The lowest BCUT2D eigenvalue weighted by atomic mass is 9.95. The van der Waals surface area contributed by atoms with E-state index in [4.69, 9.17) is 9.73 Å². The largest absolute Gasteiger partial charge is 0.463 e. The van der Waals surface area contributed by atoms with Gasteiger partial charge in [0.05, 0.1) is 29.9 Å². The molecule has 1 N–H and O–H groups in total. The van der Waals surface area contributed by atoms with Crippen molar-refractivity contribution in [1.29, 1.82) is 0 Å². The lowest BCUT2D eigenvalue weighted by Crippen LogP contribution is -2.41. The first-order valence-electron chi connectivity index (χ1n) is 10.9. The lowest BCUT2D eigenvalue weighted by molar-refractivity contribution is -0.139. The summed E-state index contributed by atoms with van der Waals surface area (Å²) < 4.78 is 19.6. The summed E-state index contributed by atoms with van der Waals surface area (Å²) in [7, 11) is 0. The summed E-state index contributed by atoms with van der Waals surface area (Å²) in [6.07, 6.45) is 1.61. The second kappa shape index (κ2) is 9.75. The predicted octanol–water partition coefficient (Wildman–Crippen LogP) is 4.25. The topological polar surface area (TPSA) is 101 Å². The zero-order valence-electron chi connectivity index (χ0n) is 18.8. The Morgan fingerprint density at radius 1 is 1.19 bits per heavy atom. The highest BCUT2D eigenvalue weighted by atomic mass is 79.9. The van der Waals surface area contributed by atoms with Crippen molar-refractivity contribution in [1.82, 2.24) is 15.2 Å². The minimum Gasteiger partial charge on any atom is -0.463 e. The highest BCUT2D eigenvalue weighted by Crippen LogP contribution is 2.37. The van der Waals surface area contributed by atoms with E-state index in [-0.39, 0.29) is 24.4 Å². The van der Waals surface area contributed by atoms with Gasteiger partial charge in [0.2, 0.25) is 0 Å². The molecule has 5 rings (SSSR count). The number of benzene rings is 2. The van der Waals surface area contributed by atoms with Crippen LogP contribution in [-0.2, 0) is 9.53 Å². The number of carbonyl (C=O) groups excluding carboxylic acids is 3. The van der Waals surface area contributed by atoms with E-state index in [9.17, 15) is 18.8 Å². The molecule has 2 aliphatic rings. The average Bonchev–Trinajstić information content (AvgIpc) is 3.48. The number of hydrogen-bond donors (Lipinski definition) is 1. The predicted molar refractivity (Wildman–Crippen MR) is 134 cm³/mol. The second-order valence-corrected chi connectivity index (χ2v) is 9.61. The Morgan fingerprint density at radius 3 is 2.53 bits per heavy atom. The van der Waals surface area contributed by atoms with Gasteiger partial charge in [0.15, 0.2) is 10.8 Å². The highest BCUT2D eigenvalue weighted by molar-refractivity contribution is 9.10. The first-order chi connectivity index (χ1) is 17.4. The fourth-order valence-electron chi connectivity index (χ4n) is 4.11. The van der Waals surface area contributed by atoms with Crippen LogP contribution in [0, 0.1) is 5.82 Å². The van der Waals surface area contributed by atoms with Crippen molar-refractivity contribution in [2.75, 3.05) is 13.2 Å². The number of amidine groups is 1. The third-order valence-electron chi connectivity index (χ3n) is 5.71. The van der Waals surface area contributed by atoms with Gasteiger partial charge in [0.25, 0.3) is 11.8 Å². The molecule has 2 aliphatic heterocycles. The van der Waals surface area contributed by atoms with Crippen LogP contribution in [0.5, 0.6) is 0 Å². The van der Waals surface area contributed by atoms with Gasteiger partial charge in [-0.15, -0.1) is 11.3 Å². The molecule has 1 aromatic heterocycles. The molecule has 0 bridgehead atoms. The van der Waals surface area contributed by atoms with E-state index in [1.54, 1.807) is 42.8 Å². The number of nitrogens with one attached hydrogen (secondary N) is 1. The number of aliphatic imine (C=N–C) groups is 1. The van der Waals surface area contributed by atoms with Crippen molar-refractivity contribution < 1.29 is 23.5 Å². The number of carbonyl (C=O) groups is 3. The van der Waals surface area contributed by atoms with E-state index in [0.29, 0.717) is 32.0 Å². The number of amides is 2. The molecule has 0 aliphatic carbocycles. The number of ether oxygens (including phenoxy) is 1. The van der Waals surface area contributed by atoms with E-state index in [1.807, 2.05) is 0 Å². The van der Waals surface area contributed by atoms with Crippen LogP contribution in [0.25, 0.3) is 0 Å². The van der Waals surface area contributed by atoms with Crippen LogP contribution < -0.4 is 5.32 Å². The summed E-state index contributed by atoms with van der Waals surface area (Å²) in [6, 6.07) is 9.71. The summed E-state index contributed by atoms with van der Waals surface area (Å²) >= 11 is 4.70. The number of fused-ring (bicyclic) bond motifs is 1. The second-order valence-electron chi connectivity index (χ2n) is 7.86. The van der Waals surface area contributed by atoms with Crippen molar-refractivity contribution in [2.24, 2.45) is 4.99 Å². The van der Waals surface area contributed by atoms with Crippen LogP contribution in [-0.4, -0.2) is 46.7 Å². The highest BCUT2D eigenvalue weighted by Gasteiger charge is 2.39. The standard InChI is InChI=1S/C25H18BrFN4O4S/c1-2-35-25(34)19-18(12-31-23(32)14-5-3-4-6-15(14)24(31)33)29-21(22-28-9-10-36-22)30-20(19)16-8-7-13(27)11-17(16)26/h3-11,20H,2,12H2,1H3,(H,29,30). The number of imide groups is 1. The normalized spacial score (nSPS) is 17.1. The van der Waals surface area contributed by atoms with Gasteiger partial charge in [-0.3, -0.25) is 19.5 Å². The summed E-state index contributed by atoms with van der Waals surface area (Å²) in [6.45, 7) is 1.55. The zero-order chi connectivity index (χ0) is 25.4. The van der Waals surface area contributed by atoms with Crippen molar-refractivity contribution >= 4 is 50.9 Å². The summed E-state index contributed by atoms with van der Waals surface area (Å²) in [5.74, 6) is -1.71. The molecule has 0 saturated heterocycles. The van der Waals surface area contributed by atoms with Gasteiger partial charge >= 0.3 is 5.97 Å². The van der Waals surface area contributed by atoms with Crippen LogP contribution in [0.15, 0.2) is 74.8 Å². The Kier molecular flexibility index (Phi) is 6.50. The smallest absolute Gasteiger partial charge is 0.338 e. The quantitative estimate of drug-likeness (QED) is 0.352. The molecule has 36 heavy (non-hydrogen) atoms. The molecule has 2 aromatic carbocycles. The maximum Gasteiger partial charge on any atom is 0.338 e. The van der Waals surface area contributed by atoms with Crippen LogP contribution in [0.4, 0.5) is 4.39 Å². The molecule has 2 amide bonds. The monoisotopic (exact) mass is 568 g/mol. The number of nitrogens with zero attached hydrogens (tertiary/aromatic N) is 3. The first-order valence-corrected chi connectivity index (χ1v) is 12.6. The molecule has 3 heterocycles. The van der Waals surface area contributed by atoms with Crippen molar-refractivity contribution in [3.8, 4) is 0 Å². The third-order valence-corrected chi connectivity index (χ3v) is 7.17. The maximum absolute atomic E-state index is 13.9. The summed E-state index contributed by atoms with van der Waals surface area (Å²) in [5.41, 5.74) is 1.48. The lowest BCUT2D eigenvalue weighted by Gasteiger charge is -2.29. The molecule has 8 nitrogen and oxygen atoms in total. The van der Waals surface area contributed by atoms with Gasteiger partial charge in [-0.1, -0.05) is 34.1 Å². The molecule has 0 radical (unpaired) electrons.